The van der Waals surface area contributed by atoms with Gasteiger partial charge in [0.2, 0.25) is 0 Å². The largest absolute Gasteiger partial charge is 0.422 e. The zero-order valence-corrected chi connectivity index (χ0v) is 10.7. The van der Waals surface area contributed by atoms with E-state index in [1.54, 1.807) is 36.4 Å². The number of nitriles is 2. The quantitative estimate of drug-likeness (QED) is 0.588. The molecular weight excluding hydrogens is 264 g/mol. The number of benzene rings is 1. The molecule has 0 N–H and O–H groups in total. The second-order valence-corrected chi connectivity index (χ2v) is 4.29. The normalized spacial score (nSPS) is 9.68. The number of fused-ring (bicyclic) bond motifs is 1. The fourth-order valence-electron chi connectivity index (χ4n) is 1.68. The molecule has 0 radical (unpaired) electrons. The van der Waals surface area contributed by atoms with Crippen LogP contribution in [0.5, 0.6) is 0 Å². The number of rotatable bonds is 1. The number of nitrogens with zero attached hydrogens (tertiary/aromatic N) is 2. The molecule has 4 nitrogen and oxygen atoms in total. The van der Waals surface area contributed by atoms with Crippen LogP contribution in [0.2, 0.25) is 5.02 Å². The molecule has 0 spiro atoms. The van der Waals surface area contributed by atoms with Crippen LogP contribution < -0.4 is 5.63 Å². The minimum Gasteiger partial charge on any atom is -0.422 e. The summed E-state index contributed by atoms with van der Waals surface area (Å²) in [6.07, 6.45) is 0. The minimum absolute atomic E-state index is 0.117. The maximum atomic E-state index is 11.8. The minimum atomic E-state index is -0.588. The molecule has 5 heteroatoms. The highest BCUT2D eigenvalue weighted by Gasteiger charge is 2.11. The Labute approximate surface area is 113 Å². The third-order valence-corrected chi connectivity index (χ3v) is 2.93. The lowest BCUT2D eigenvalue weighted by atomic mass is 10.0. The second kappa shape index (κ2) is 4.97. The van der Waals surface area contributed by atoms with E-state index >= 15 is 0 Å². The number of halogens is 1. The Balaban J connectivity index is 2.80. The molecule has 0 saturated carbocycles. The van der Waals surface area contributed by atoms with Crippen LogP contribution in [0.25, 0.3) is 16.5 Å². The van der Waals surface area contributed by atoms with Crippen molar-refractivity contribution in [3.8, 4) is 12.1 Å². The third kappa shape index (κ3) is 2.35. The van der Waals surface area contributed by atoms with Gasteiger partial charge in [-0.2, -0.15) is 10.5 Å². The highest BCUT2D eigenvalue weighted by Crippen LogP contribution is 2.22. The van der Waals surface area contributed by atoms with Gasteiger partial charge in [0.15, 0.2) is 0 Å². The molecule has 1 heterocycles. The number of hydrogen-bond acceptors (Lipinski definition) is 4. The highest BCUT2D eigenvalue weighted by atomic mass is 35.5. The van der Waals surface area contributed by atoms with Crippen molar-refractivity contribution in [3.05, 3.63) is 50.8 Å². The van der Waals surface area contributed by atoms with Gasteiger partial charge >= 0.3 is 5.63 Å². The van der Waals surface area contributed by atoms with Gasteiger partial charge in [0, 0.05) is 10.4 Å². The molecule has 92 valence electrons. The van der Waals surface area contributed by atoms with Gasteiger partial charge in [0.1, 0.15) is 23.3 Å². The smallest absolute Gasteiger partial charge is 0.343 e. The average molecular weight is 271 g/mol. The lowest BCUT2D eigenvalue weighted by Crippen LogP contribution is -2.06. The molecule has 0 amide bonds. The summed E-state index contributed by atoms with van der Waals surface area (Å²) in [5.74, 6) is 0. The van der Waals surface area contributed by atoms with Crippen molar-refractivity contribution in [2.45, 2.75) is 6.92 Å². The topological polar surface area (TPSA) is 77.8 Å². The van der Waals surface area contributed by atoms with Gasteiger partial charge in [0.05, 0.1) is 5.56 Å². The van der Waals surface area contributed by atoms with Crippen LogP contribution in [-0.2, 0) is 0 Å². The fourth-order valence-corrected chi connectivity index (χ4v) is 1.86. The van der Waals surface area contributed by atoms with Crippen LogP contribution in [0.15, 0.2) is 39.1 Å². The molecule has 2 aromatic rings. The van der Waals surface area contributed by atoms with E-state index in [1.807, 2.05) is 0 Å². The van der Waals surface area contributed by atoms with E-state index in [4.69, 9.17) is 26.5 Å². The van der Waals surface area contributed by atoms with Crippen LogP contribution in [0.3, 0.4) is 0 Å². The van der Waals surface area contributed by atoms with Gasteiger partial charge in [-0.25, -0.2) is 4.79 Å². The molecule has 0 aliphatic rings. The van der Waals surface area contributed by atoms with Crippen LogP contribution in [-0.4, -0.2) is 0 Å². The van der Waals surface area contributed by atoms with Crippen molar-refractivity contribution >= 4 is 28.1 Å². The Kier molecular flexibility index (Phi) is 3.37. The zero-order chi connectivity index (χ0) is 14.0. The molecule has 0 aliphatic carbocycles. The van der Waals surface area contributed by atoms with Crippen LogP contribution in [0.4, 0.5) is 0 Å². The SMILES string of the molecule is CC(=C(C#N)C#N)c1cc2cc(Cl)ccc2oc1=O. The molecule has 1 aromatic heterocycles. The van der Waals surface area contributed by atoms with E-state index in [2.05, 4.69) is 0 Å². The van der Waals surface area contributed by atoms with Gasteiger partial charge in [-0.05, 0) is 36.8 Å². The summed E-state index contributed by atoms with van der Waals surface area (Å²) in [6.45, 7) is 1.53. The first-order valence-corrected chi connectivity index (χ1v) is 5.69. The number of hydrogen-bond donors (Lipinski definition) is 0. The summed E-state index contributed by atoms with van der Waals surface area (Å²) in [5.41, 5.74) is 0.180. The van der Waals surface area contributed by atoms with Crippen LogP contribution in [0, 0.1) is 22.7 Å². The first kappa shape index (κ1) is 12.9. The molecule has 0 aliphatic heterocycles. The van der Waals surface area contributed by atoms with Crippen molar-refractivity contribution in [1.82, 2.24) is 0 Å². The molecule has 0 bridgehead atoms. The van der Waals surface area contributed by atoms with Crippen molar-refractivity contribution in [3.63, 3.8) is 0 Å². The third-order valence-electron chi connectivity index (χ3n) is 2.70. The lowest BCUT2D eigenvalue weighted by Gasteiger charge is -2.02. The van der Waals surface area contributed by atoms with E-state index in [9.17, 15) is 4.79 Å². The first-order valence-electron chi connectivity index (χ1n) is 5.31. The van der Waals surface area contributed by atoms with Gasteiger partial charge in [-0.15, -0.1) is 0 Å². The maximum absolute atomic E-state index is 11.8. The molecule has 19 heavy (non-hydrogen) atoms. The van der Waals surface area contributed by atoms with Crippen molar-refractivity contribution in [2.75, 3.05) is 0 Å². The summed E-state index contributed by atoms with van der Waals surface area (Å²) < 4.78 is 5.14. The van der Waals surface area contributed by atoms with Gasteiger partial charge < -0.3 is 4.42 Å². The fraction of sp³-hybridized carbons (Fsp3) is 0.0714. The molecule has 0 saturated heterocycles. The Hall–Kier alpha value is -2.56. The first-order chi connectivity index (χ1) is 9.06. The molecule has 0 fully saturated rings. The molecule has 0 atom stereocenters. The molecule has 1 aromatic carbocycles. The van der Waals surface area contributed by atoms with Gasteiger partial charge in [-0.3, -0.25) is 0 Å². The van der Waals surface area contributed by atoms with Crippen molar-refractivity contribution in [1.29, 1.82) is 10.5 Å². The maximum Gasteiger partial charge on any atom is 0.343 e. The predicted molar refractivity (Wildman–Crippen MR) is 71.3 cm³/mol. The van der Waals surface area contributed by atoms with Crippen LogP contribution >= 0.6 is 11.6 Å². The Morgan fingerprint density at radius 3 is 2.58 bits per heavy atom. The standard InChI is InChI=1S/C14H7ClN2O2/c1-8(10(6-16)7-17)12-5-9-4-11(15)2-3-13(9)19-14(12)18/h2-5H,1H3. The Bertz CT molecular complexity index is 819. The molecular formula is C14H7ClN2O2. The molecule has 0 unspecified atom stereocenters. The predicted octanol–water partition coefficient (Wildman–Crippen LogP) is 3.27. The zero-order valence-electron chi connectivity index (χ0n) is 9.90. The van der Waals surface area contributed by atoms with Gasteiger partial charge in [-0.1, -0.05) is 11.6 Å². The summed E-state index contributed by atoms with van der Waals surface area (Å²) in [7, 11) is 0. The average Bonchev–Trinajstić information content (AvgIpc) is 2.39. The summed E-state index contributed by atoms with van der Waals surface area (Å²) in [5, 5.41) is 18.8. The van der Waals surface area contributed by atoms with E-state index < -0.39 is 5.63 Å². The Morgan fingerprint density at radius 1 is 1.26 bits per heavy atom. The number of allylic oxidation sites excluding steroid dienone is 2. The lowest BCUT2D eigenvalue weighted by molar-refractivity contribution is 0.558. The second-order valence-electron chi connectivity index (χ2n) is 3.85. The van der Waals surface area contributed by atoms with Gasteiger partial charge in [0.25, 0.3) is 0 Å². The van der Waals surface area contributed by atoms with E-state index in [-0.39, 0.29) is 11.1 Å². The highest BCUT2D eigenvalue weighted by molar-refractivity contribution is 6.31. The van der Waals surface area contributed by atoms with Crippen molar-refractivity contribution < 1.29 is 4.42 Å². The monoisotopic (exact) mass is 270 g/mol. The summed E-state index contributed by atoms with van der Waals surface area (Å²) in [4.78, 5) is 11.8. The van der Waals surface area contributed by atoms with E-state index in [1.165, 1.54) is 6.92 Å². The van der Waals surface area contributed by atoms with E-state index in [0.29, 0.717) is 21.6 Å². The van der Waals surface area contributed by atoms with Crippen LogP contribution in [0.1, 0.15) is 12.5 Å². The molecule has 2 rings (SSSR count). The Morgan fingerprint density at radius 2 is 1.95 bits per heavy atom. The summed E-state index contributed by atoms with van der Waals surface area (Å²) in [6, 6.07) is 9.92. The van der Waals surface area contributed by atoms with Crippen molar-refractivity contribution in [2.24, 2.45) is 0 Å². The summed E-state index contributed by atoms with van der Waals surface area (Å²) >= 11 is 5.87. The van der Waals surface area contributed by atoms with E-state index in [0.717, 1.165) is 0 Å².